The van der Waals surface area contributed by atoms with Gasteiger partial charge < -0.3 is 15.5 Å². The highest BCUT2D eigenvalue weighted by Crippen LogP contribution is 2.26. The van der Waals surface area contributed by atoms with Crippen molar-refractivity contribution in [2.75, 3.05) is 24.5 Å². The van der Waals surface area contributed by atoms with Gasteiger partial charge in [-0.1, -0.05) is 19.3 Å². The topological polar surface area (TPSA) is 87.2 Å². The summed E-state index contributed by atoms with van der Waals surface area (Å²) in [5.41, 5.74) is 3.03. The minimum absolute atomic E-state index is 0.0404. The number of thiazole rings is 1. The van der Waals surface area contributed by atoms with Gasteiger partial charge in [0.1, 0.15) is 0 Å². The summed E-state index contributed by atoms with van der Waals surface area (Å²) in [4.78, 5) is 36.4. The highest BCUT2D eigenvalue weighted by atomic mass is 32.1. The van der Waals surface area contributed by atoms with E-state index in [1.165, 1.54) is 12.8 Å². The number of nitrogens with one attached hydrogen (secondary N) is 2. The molecule has 2 aromatic heterocycles. The van der Waals surface area contributed by atoms with E-state index in [2.05, 4.69) is 20.6 Å². The maximum absolute atomic E-state index is 13.4. The summed E-state index contributed by atoms with van der Waals surface area (Å²) in [7, 11) is 0. The normalized spacial score (nSPS) is 15.0. The molecule has 178 valence electrons. The lowest BCUT2D eigenvalue weighted by Crippen LogP contribution is -2.34. The summed E-state index contributed by atoms with van der Waals surface area (Å²) < 4.78 is 0. The van der Waals surface area contributed by atoms with Crippen molar-refractivity contribution in [1.82, 2.24) is 20.6 Å². The zero-order valence-electron chi connectivity index (χ0n) is 19.3. The fraction of sp³-hybridized carbons (Fsp3) is 0.385. The summed E-state index contributed by atoms with van der Waals surface area (Å²) in [6.45, 7) is 2.71. The van der Waals surface area contributed by atoms with Crippen molar-refractivity contribution >= 4 is 28.8 Å². The van der Waals surface area contributed by atoms with Crippen molar-refractivity contribution in [3.8, 4) is 0 Å². The average molecular weight is 478 g/mol. The predicted molar refractivity (Wildman–Crippen MR) is 135 cm³/mol. The zero-order chi connectivity index (χ0) is 23.6. The number of benzene rings is 1. The van der Waals surface area contributed by atoms with Gasteiger partial charge in [-0.2, -0.15) is 0 Å². The second-order valence-corrected chi connectivity index (χ2v) is 9.39. The molecular formula is C26H31N5O2S. The van der Waals surface area contributed by atoms with E-state index in [-0.39, 0.29) is 11.8 Å². The number of amides is 2. The molecule has 1 aliphatic heterocycles. The molecule has 0 atom stereocenters. The fourth-order valence-corrected chi connectivity index (χ4v) is 4.77. The SMILES string of the molecule is O=C(NCCc1nccs1)c1ccc2c(c1)CNCCCCCCCN2C(=O)c1ccncc1. The first kappa shape index (κ1) is 24.0. The Balaban J connectivity index is 1.56. The Morgan fingerprint density at radius 3 is 2.65 bits per heavy atom. The van der Waals surface area contributed by atoms with Crippen LogP contribution in [-0.4, -0.2) is 41.4 Å². The molecule has 0 bridgehead atoms. The third kappa shape index (κ3) is 6.48. The third-order valence-corrected chi connectivity index (χ3v) is 6.80. The molecule has 1 aliphatic rings. The van der Waals surface area contributed by atoms with Crippen LogP contribution in [0.1, 0.15) is 63.4 Å². The number of anilines is 1. The van der Waals surface area contributed by atoms with Crippen LogP contribution in [-0.2, 0) is 13.0 Å². The summed E-state index contributed by atoms with van der Waals surface area (Å²) in [6.07, 6.45) is 11.3. The lowest BCUT2D eigenvalue weighted by Gasteiger charge is -2.27. The molecule has 0 radical (unpaired) electrons. The number of hydrogen-bond donors (Lipinski definition) is 2. The van der Waals surface area contributed by atoms with Crippen LogP contribution in [0.3, 0.4) is 0 Å². The lowest BCUT2D eigenvalue weighted by molar-refractivity contribution is 0.0953. The average Bonchev–Trinajstić information content (AvgIpc) is 3.38. The van der Waals surface area contributed by atoms with Crippen molar-refractivity contribution < 1.29 is 9.59 Å². The standard InChI is InChI=1S/C26H31N5O2S/c32-25(30-14-10-24-29-15-17-34-24)21-6-7-23-22(18-21)19-28-11-4-2-1-3-5-16-31(23)26(33)20-8-12-27-13-9-20/h6-9,12-13,15,17-18,28H,1-5,10-11,14,16,19H2,(H,30,32). The van der Waals surface area contributed by atoms with E-state index in [0.717, 1.165) is 42.1 Å². The molecule has 4 rings (SSSR count). The van der Waals surface area contributed by atoms with E-state index in [4.69, 9.17) is 0 Å². The van der Waals surface area contributed by atoms with Gasteiger partial charge in [0.05, 0.1) is 5.01 Å². The van der Waals surface area contributed by atoms with Gasteiger partial charge in [0, 0.05) is 66.8 Å². The van der Waals surface area contributed by atoms with Crippen LogP contribution in [0, 0.1) is 0 Å². The molecule has 8 heteroatoms. The zero-order valence-corrected chi connectivity index (χ0v) is 20.2. The molecule has 0 unspecified atom stereocenters. The molecule has 0 fully saturated rings. The third-order valence-electron chi connectivity index (χ3n) is 5.96. The summed E-state index contributed by atoms with van der Waals surface area (Å²) >= 11 is 1.59. The number of pyridine rings is 1. The minimum atomic E-state index is -0.113. The molecule has 3 aromatic rings. The predicted octanol–water partition coefficient (Wildman–Crippen LogP) is 4.21. The molecule has 2 N–H and O–H groups in total. The largest absolute Gasteiger partial charge is 0.352 e. The van der Waals surface area contributed by atoms with Crippen LogP contribution < -0.4 is 15.5 Å². The number of carbonyl (C=O) groups is 2. The summed E-state index contributed by atoms with van der Waals surface area (Å²) in [5.74, 6) is -0.154. The van der Waals surface area contributed by atoms with Crippen molar-refractivity contribution in [3.63, 3.8) is 0 Å². The number of hydrogen-bond acceptors (Lipinski definition) is 6. The number of rotatable bonds is 5. The van der Waals surface area contributed by atoms with Gasteiger partial charge in [0.25, 0.3) is 11.8 Å². The van der Waals surface area contributed by atoms with Crippen LogP contribution in [0.4, 0.5) is 5.69 Å². The van der Waals surface area contributed by atoms with Crippen molar-refractivity contribution in [2.24, 2.45) is 0 Å². The second-order valence-electron chi connectivity index (χ2n) is 8.41. The van der Waals surface area contributed by atoms with Gasteiger partial charge in [-0.15, -0.1) is 11.3 Å². The van der Waals surface area contributed by atoms with Gasteiger partial charge in [-0.3, -0.25) is 14.6 Å². The molecule has 0 saturated heterocycles. The van der Waals surface area contributed by atoms with Crippen molar-refractivity contribution in [1.29, 1.82) is 0 Å². The minimum Gasteiger partial charge on any atom is -0.352 e. The van der Waals surface area contributed by atoms with Crippen molar-refractivity contribution in [3.05, 3.63) is 76.0 Å². The molecule has 7 nitrogen and oxygen atoms in total. The molecular weight excluding hydrogens is 446 g/mol. The van der Waals surface area contributed by atoms with Gasteiger partial charge in [-0.25, -0.2) is 4.98 Å². The first-order valence-electron chi connectivity index (χ1n) is 11.9. The Morgan fingerprint density at radius 1 is 1.00 bits per heavy atom. The first-order valence-corrected chi connectivity index (χ1v) is 12.8. The first-order chi connectivity index (χ1) is 16.7. The quantitative estimate of drug-likeness (QED) is 0.575. The van der Waals surface area contributed by atoms with Crippen molar-refractivity contribution in [2.45, 2.75) is 45.1 Å². The molecule has 1 aromatic carbocycles. The number of carbonyl (C=O) groups excluding carboxylic acids is 2. The van der Waals surface area contributed by atoms with Crippen LogP contribution in [0.2, 0.25) is 0 Å². The van der Waals surface area contributed by atoms with E-state index in [1.807, 2.05) is 28.5 Å². The smallest absolute Gasteiger partial charge is 0.258 e. The van der Waals surface area contributed by atoms with Gasteiger partial charge in [0.2, 0.25) is 0 Å². The second kappa shape index (κ2) is 12.4. The van der Waals surface area contributed by atoms with Gasteiger partial charge in [-0.05, 0) is 55.3 Å². The molecule has 3 heterocycles. The number of fused-ring (bicyclic) bond motifs is 1. The molecule has 34 heavy (non-hydrogen) atoms. The summed E-state index contributed by atoms with van der Waals surface area (Å²) in [6, 6.07) is 9.15. The number of aromatic nitrogens is 2. The van der Waals surface area contributed by atoms with Gasteiger partial charge in [0.15, 0.2) is 0 Å². The van der Waals surface area contributed by atoms with E-state index >= 15 is 0 Å². The van der Waals surface area contributed by atoms with Gasteiger partial charge >= 0.3 is 0 Å². The van der Waals surface area contributed by atoms with Crippen LogP contribution >= 0.6 is 11.3 Å². The van der Waals surface area contributed by atoms with E-state index < -0.39 is 0 Å². The van der Waals surface area contributed by atoms with Crippen LogP contribution in [0.5, 0.6) is 0 Å². The number of nitrogens with zero attached hydrogens (tertiary/aromatic N) is 3. The Bertz CT molecular complexity index is 1070. The maximum atomic E-state index is 13.4. The van der Waals surface area contributed by atoms with E-state index in [9.17, 15) is 9.59 Å². The Kier molecular flexibility index (Phi) is 8.76. The highest BCUT2D eigenvalue weighted by Gasteiger charge is 2.21. The fourth-order valence-electron chi connectivity index (χ4n) is 4.15. The van der Waals surface area contributed by atoms with E-state index in [1.54, 1.807) is 42.1 Å². The van der Waals surface area contributed by atoms with Crippen LogP contribution in [0.25, 0.3) is 0 Å². The maximum Gasteiger partial charge on any atom is 0.258 e. The molecule has 0 saturated carbocycles. The van der Waals surface area contributed by atoms with E-state index in [0.29, 0.717) is 37.2 Å². The monoisotopic (exact) mass is 477 g/mol. The Hall–Kier alpha value is -3.10. The molecule has 0 spiro atoms. The molecule has 2 amide bonds. The summed E-state index contributed by atoms with van der Waals surface area (Å²) in [5, 5.41) is 9.44. The molecule has 0 aliphatic carbocycles. The Morgan fingerprint density at radius 2 is 1.82 bits per heavy atom. The van der Waals surface area contributed by atoms with Crippen LogP contribution in [0.15, 0.2) is 54.3 Å². The lowest BCUT2D eigenvalue weighted by atomic mass is 10.0. The Labute approximate surface area is 204 Å². The highest BCUT2D eigenvalue weighted by molar-refractivity contribution is 7.09.